The van der Waals surface area contributed by atoms with Crippen molar-refractivity contribution < 1.29 is 4.79 Å². The molecule has 0 atom stereocenters. The van der Waals surface area contributed by atoms with Gasteiger partial charge in [-0.2, -0.15) is 0 Å². The highest BCUT2D eigenvalue weighted by Crippen LogP contribution is 2.33. The van der Waals surface area contributed by atoms with Crippen LogP contribution in [0.5, 0.6) is 0 Å². The van der Waals surface area contributed by atoms with Crippen molar-refractivity contribution >= 4 is 33.2 Å². The van der Waals surface area contributed by atoms with E-state index in [0.717, 1.165) is 15.8 Å². The van der Waals surface area contributed by atoms with Crippen molar-refractivity contribution in [1.82, 2.24) is 0 Å². The summed E-state index contributed by atoms with van der Waals surface area (Å²) in [6.07, 6.45) is 0.514. The summed E-state index contributed by atoms with van der Waals surface area (Å²) in [5.41, 5.74) is 3.00. The summed E-state index contributed by atoms with van der Waals surface area (Å²) >= 11 is 3.44. The van der Waals surface area contributed by atoms with E-state index in [-0.39, 0.29) is 5.91 Å². The fourth-order valence-electron chi connectivity index (χ4n) is 1.52. The maximum Gasteiger partial charge on any atom is 0.226 e. The topological polar surface area (TPSA) is 41.1 Å². The number of benzene rings is 1. The van der Waals surface area contributed by atoms with Crippen molar-refractivity contribution in [1.29, 1.82) is 0 Å². The van der Waals surface area contributed by atoms with Gasteiger partial charge >= 0.3 is 0 Å². The van der Waals surface area contributed by atoms with Gasteiger partial charge in [0, 0.05) is 17.4 Å². The van der Waals surface area contributed by atoms with Crippen LogP contribution in [0.2, 0.25) is 0 Å². The van der Waals surface area contributed by atoms with Gasteiger partial charge in [0.15, 0.2) is 0 Å². The minimum atomic E-state index is 0.0563. The maximum absolute atomic E-state index is 11.3. The van der Waals surface area contributed by atoms with Gasteiger partial charge in [-0.15, -0.1) is 0 Å². The van der Waals surface area contributed by atoms with Crippen LogP contribution in [0.25, 0.3) is 0 Å². The molecule has 3 nitrogen and oxygen atoms in total. The number of carbonyl (C=O) groups excluding carboxylic acids is 1. The summed E-state index contributed by atoms with van der Waals surface area (Å²) in [4.78, 5) is 11.3. The summed E-state index contributed by atoms with van der Waals surface area (Å²) in [6, 6.07) is 4.03. The van der Waals surface area contributed by atoms with E-state index < -0.39 is 0 Å². The molecule has 0 saturated heterocycles. The molecule has 1 aliphatic rings. The molecule has 1 amide bonds. The van der Waals surface area contributed by atoms with E-state index in [2.05, 4.69) is 26.6 Å². The number of hydrogen-bond donors (Lipinski definition) is 2. The van der Waals surface area contributed by atoms with E-state index in [1.54, 1.807) is 0 Å². The molecule has 4 heteroatoms. The van der Waals surface area contributed by atoms with Crippen LogP contribution in [-0.4, -0.2) is 12.5 Å². The number of rotatable bonds is 0. The van der Waals surface area contributed by atoms with Gasteiger partial charge in [0.2, 0.25) is 5.91 Å². The van der Waals surface area contributed by atoms with Crippen LogP contribution in [-0.2, 0) is 4.79 Å². The molecule has 0 fully saturated rings. The molecule has 0 bridgehead atoms. The second kappa shape index (κ2) is 3.61. The number of halogens is 1. The lowest BCUT2D eigenvalue weighted by Crippen LogP contribution is -2.11. The van der Waals surface area contributed by atoms with Crippen molar-refractivity contribution in [2.45, 2.75) is 13.3 Å². The number of amides is 1. The van der Waals surface area contributed by atoms with E-state index in [0.29, 0.717) is 13.0 Å². The Morgan fingerprint density at radius 1 is 1.43 bits per heavy atom. The zero-order valence-corrected chi connectivity index (χ0v) is 9.44. The van der Waals surface area contributed by atoms with Crippen LogP contribution >= 0.6 is 15.9 Å². The third-order valence-corrected chi connectivity index (χ3v) is 2.79. The van der Waals surface area contributed by atoms with Crippen molar-refractivity contribution in [3.05, 3.63) is 22.2 Å². The van der Waals surface area contributed by atoms with Crippen molar-refractivity contribution in [2.75, 3.05) is 17.2 Å². The van der Waals surface area contributed by atoms with Gasteiger partial charge in [-0.05, 0) is 40.5 Å². The average molecular weight is 255 g/mol. The average Bonchev–Trinajstić information content (AvgIpc) is 2.27. The van der Waals surface area contributed by atoms with Crippen molar-refractivity contribution in [3.8, 4) is 0 Å². The van der Waals surface area contributed by atoms with E-state index in [1.165, 1.54) is 5.56 Å². The Morgan fingerprint density at radius 2 is 2.21 bits per heavy atom. The predicted molar refractivity (Wildman–Crippen MR) is 60.6 cm³/mol. The van der Waals surface area contributed by atoms with E-state index in [1.807, 2.05) is 19.1 Å². The molecule has 0 unspecified atom stereocenters. The van der Waals surface area contributed by atoms with Crippen LogP contribution < -0.4 is 10.6 Å². The highest BCUT2D eigenvalue weighted by Gasteiger charge is 2.14. The third kappa shape index (κ3) is 1.75. The van der Waals surface area contributed by atoms with Gasteiger partial charge in [0.05, 0.1) is 11.4 Å². The zero-order chi connectivity index (χ0) is 10.1. The van der Waals surface area contributed by atoms with E-state index >= 15 is 0 Å². The number of nitrogens with one attached hydrogen (secondary N) is 2. The fraction of sp³-hybridized carbons (Fsp3) is 0.300. The molecular formula is C10H11BrN2O. The largest absolute Gasteiger partial charge is 0.383 e. The number of carbonyl (C=O) groups is 1. The summed E-state index contributed by atoms with van der Waals surface area (Å²) in [5.74, 6) is 0.0563. The summed E-state index contributed by atoms with van der Waals surface area (Å²) in [5, 5.41) is 6.09. The lowest BCUT2D eigenvalue weighted by molar-refractivity contribution is -0.115. The molecule has 0 aliphatic carbocycles. The minimum absolute atomic E-state index is 0.0563. The molecule has 0 saturated carbocycles. The standard InChI is InChI=1S/C10H11BrN2O/c1-6-4-7(11)10-8(5-6)12-3-2-9(14)13-10/h4-5,12H,2-3H2,1H3,(H,13,14). The van der Waals surface area contributed by atoms with Gasteiger partial charge in [0.25, 0.3) is 0 Å². The zero-order valence-electron chi connectivity index (χ0n) is 7.86. The predicted octanol–water partition coefficient (Wildman–Crippen LogP) is 2.51. The smallest absolute Gasteiger partial charge is 0.226 e. The van der Waals surface area contributed by atoms with Gasteiger partial charge in [-0.25, -0.2) is 0 Å². The fourth-order valence-corrected chi connectivity index (χ4v) is 2.20. The van der Waals surface area contributed by atoms with Gasteiger partial charge < -0.3 is 10.6 Å². The molecule has 1 aliphatic heterocycles. The first-order chi connectivity index (χ1) is 6.66. The number of fused-ring (bicyclic) bond motifs is 1. The molecule has 2 N–H and O–H groups in total. The first kappa shape index (κ1) is 9.52. The van der Waals surface area contributed by atoms with E-state index in [9.17, 15) is 4.79 Å². The second-order valence-corrected chi connectivity index (χ2v) is 4.25. The number of aryl methyl sites for hydroxylation is 1. The van der Waals surface area contributed by atoms with Crippen LogP contribution in [0.15, 0.2) is 16.6 Å². The van der Waals surface area contributed by atoms with Gasteiger partial charge in [-0.1, -0.05) is 0 Å². The number of hydrogen-bond acceptors (Lipinski definition) is 2. The molecule has 0 radical (unpaired) electrons. The second-order valence-electron chi connectivity index (χ2n) is 3.39. The maximum atomic E-state index is 11.3. The van der Waals surface area contributed by atoms with Crippen molar-refractivity contribution in [3.63, 3.8) is 0 Å². The first-order valence-corrected chi connectivity index (χ1v) is 5.30. The molecule has 74 valence electrons. The van der Waals surface area contributed by atoms with Crippen LogP contribution in [0.4, 0.5) is 11.4 Å². The van der Waals surface area contributed by atoms with Gasteiger partial charge in [0.1, 0.15) is 0 Å². The Balaban J connectivity index is 2.50. The summed E-state index contributed by atoms with van der Waals surface area (Å²) in [6.45, 7) is 2.72. The molecule has 0 spiro atoms. The SMILES string of the molecule is Cc1cc(Br)c2c(c1)NCCC(=O)N2. The lowest BCUT2D eigenvalue weighted by atomic mass is 10.2. The van der Waals surface area contributed by atoms with E-state index in [4.69, 9.17) is 0 Å². The first-order valence-electron chi connectivity index (χ1n) is 4.50. The molecule has 1 heterocycles. The highest BCUT2D eigenvalue weighted by atomic mass is 79.9. The minimum Gasteiger partial charge on any atom is -0.383 e. The van der Waals surface area contributed by atoms with Crippen LogP contribution in [0, 0.1) is 6.92 Å². The Morgan fingerprint density at radius 3 is 3.00 bits per heavy atom. The Hall–Kier alpha value is -1.03. The summed E-state index contributed by atoms with van der Waals surface area (Å²) < 4.78 is 0.926. The quantitative estimate of drug-likeness (QED) is 0.747. The van der Waals surface area contributed by atoms with Gasteiger partial charge in [-0.3, -0.25) is 4.79 Å². The third-order valence-electron chi connectivity index (χ3n) is 2.17. The highest BCUT2D eigenvalue weighted by molar-refractivity contribution is 9.10. The Bertz CT molecular complexity index is 390. The van der Waals surface area contributed by atoms with Crippen LogP contribution in [0.3, 0.4) is 0 Å². The van der Waals surface area contributed by atoms with Crippen molar-refractivity contribution in [2.24, 2.45) is 0 Å². The molecule has 1 aromatic carbocycles. The molecular weight excluding hydrogens is 244 g/mol. The number of anilines is 2. The molecule has 1 aromatic rings. The van der Waals surface area contributed by atoms with Crippen LogP contribution in [0.1, 0.15) is 12.0 Å². The Labute approximate surface area is 91.0 Å². The Kier molecular flexibility index (Phi) is 2.46. The molecule has 0 aromatic heterocycles. The lowest BCUT2D eigenvalue weighted by Gasteiger charge is -2.10. The molecule has 14 heavy (non-hydrogen) atoms. The monoisotopic (exact) mass is 254 g/mol. The summed E-state index contributed by atoms with van der Waals surface area (Å²) in [7, 11) is 0. The molecule has 2 rings (SSSR count). The normalized spacial score (nSPS) is 15.1.